The van der Waals surface area contributed by atoms with Crippen LogP contribution in [0.2, 0.25) is 0 Å². The van der Waals surface area contributed by atoms with Crippen molar-refractivity contribution in [1.29, 1.82) is 0 Å². The van der Waals surface area contributed by atoms with Crippen molar-refractivity contribution in [3.63, 3.8) is 0 Å². The zero-order chi connectivity index (χ0) is 22.4. The molecule has 4 N–H and O–H groups in total. The molecule has 31 heavy (non-hydrogen) atoms. The quantitative estimate of drug-likeness (QED) is 0.460. The number of aromatic nitrogens is 3. The average Bonchev–Trinajstić information content (AvgIpc) is 3.15. The predicted octanol–water partition coefficient (Wildman–Crippen LogP) is 4.11. The minimum Gasteiger partial charge on any atom is -0.343 e. The van der Waals surface area contributed by atoms with Gasteiger partial charge in [0.15, 0.2) is 0 Å². The van der Waals surface area contributed by atoms with E-state index in [0.717, 1.165) is 22.3 Å². The molecule has 168 valence electrons. The summed E-state index contributed by atoms with van der Waals surface area (Å²) in [6.07, 6.45) is 3.89. The summed E-state index contributed by atoms with van der Waals surface area (Å²) in [7, 11) is -6.29. The molecule has 1 aliphatic rings. The van der Waals surface area contributed by atoms with Crippen molar-refractivity contribution in [3.05, 3.63) is 42.4 Å². The first-order valence-electron chi connectivity index (χ1n) is 10.2. The Balaban J connectivity index is 1.58. The third kappa shape index (κ3) is 4.78. The third-order valence-electron chi connectivity index (χ3n) is 5.57. The fraction of sp³-hybridized carbons (Fsp3) is 0.429. The topological polar surface area (TPSA) is 128 Å². The number of hydrogen-bond donors (Lipinski definition) is 4. The first-order chi connectivity index (χ1) is 14.4. The van der Waals surface area contributed by atoms with Crippen LogP contribution in [-0.4, -0.2) is 50.0 Å². The molecule has 1 aliphatic heterocycles. The van der Waals surface area contributed by atoms with Gasteiger partial charge in [-0.1, -0.05) is 20.8 Å². The fourth-order valence-corrected chi connectivity index (χ4v) is 6.44. The molecule has 4 heterocycles. The molecule has 1 saturated heterocycles. The molecule has 1 fully saturated rings. The van der Waals surface area contributed by atoms with Crippen molar-refractivity contribution in [3.8, 4) is 11.3 Å². The number of aromatic amines is 1. The highest BCUT2D eigenvalue weighted by atomic mass is 32.3. The van der Waals surface area contributed by atoms with Crippen LogP contribution in [0.4, 0.5) is 0 Å². The summed E-state index contributed by atoms with van der Waals surface area (Å²) in [4.78, 5) is 12.3. The summed E-state index contributed by atoms with van der Waals surface area (Å²) >= 11 is 0. The molecule has 0 unspecified atom stereocenters. The Kier molecular flexibility index (Phi) is 5.63. The number of H-pyrrole nitrogens is 1. The van der Waals surface area contributed by atoms with Crippen molar-refractivity contribution in [2.45, 2.75) is 50.0 Å². The summed E-state index contributed by atoms with van der Waals surface area (Å²) in [5, 5.41) is 0.940. The lowest BCUT2D eigenvalue weighted by molar-refractivity contribution is 0.444. The Morgan fingerprint density at radius 3 is 2.45 bits per heavy atom. The second-order valence-corrected chi connectivity index (χ2v) is 13.2. The number of sulfonamides is 1. The van der Waals surface area contributed by atoms with Crippen LogP contribution < -0.4 is 4.72 Å². The maximum Gasteiger partial charge on any atom is 0.242 e. The first-order valence-corrected chi connectivity index (χ1v) is 13.5. The van der Waals surface area contributed by atoms with E-state index in [1.807, 2.05) is 6.07 Å². The van der Waals surface area contributed by atoms with E-state index in [2.05, 4.69) is 46.5 Å². The van der Waals surface area contributed by atoms with Crippen LogP contribution in [0.1, 0.15) is 39.3 Å². The van der Waals surface area contributed by atoms with Crippen molar-refractivity contribution in [2.24, 2.45) is 0 Å². The SMILES string of the molecule is CC(C)(C)c1cc2c(-c3ccc(S(=O)(=O)NC4CCS(O)(O)CC4)cn3)ccnc2[nH]1. The maximum atomic E-state index is 12.8. The van der Waals surface area contributed by atoms with E-state index in [9.17, 15) is 17.5 Å². The van der Waals surface area contributed by atoms with E-state index >= 15 is 0 Å². The molecule has 0 bridgehead atoms. The summed E-state index contributed by atoms with van der Waals surface area (Å²) < 4.78 is 47.6. The standard InChI is InChI=1S/C21H28N4O4S2/c1-21(2,3)19-12-17-16(6-9-22-20(17)24-19)18-5-4-15(13-23-18)31(28,29)25-14-7-10-30(26,27)11-8-14/h4-6,9,12-14,25-27H,7-8,10-11H2,1-3H3,(H,22,24). The molecule has 0 atom stereocenters. The Morgan fingerprint density at radius 1 is 1.13 bits per heavy atom. The minimum atomic E-state index is -3.74. The molecular weight excluding hydrogens is 436 g/mol. The Hall–Kier alpha value is -1.98. The van der Waals surface area contributed by atoms with E-state index in [0.29, 0.717) is 18.5 Å². The van der Waals surface area contributed by atoms with Crippen LogP contribution in [0.25, 0.3) is 22.3 Å². The first kappa shape index (κ1) is 22.2. The van der Waals surface area contributed by atoms with Gasteiger partial charge in [-0.15, -0.1) is 0 Å². The highest BCUT2D eigenvalue weighted by Gasteiger charge is 2.28. The van der Waals surface area contributed by atoms with Gasteiger partial charge < -0.3 is 4.98 Å². The van der Waals surface area contributed by atoms with Crippen LogP contribution in [-0.2, 0) is 15.4 Å². The second-order valence-electron chi connectivity index (χ2n) is 9.04. The molecule has 0 amide bonds. The van der Waals surface area contributed by atoms with Gasteiger partial charge in [0.25, 0.3) is 0 Å². The molecule has 10 heteroatoms. The van der Waals surface area contributed by atoms with E-state index in [1.165, 1.54) is 6.20 Å². The molecule has 8 nitrogen and oxygen atoms in total. The van der Waals surface area contributed by atoms with Gasteiger partial charge in [-0.2, -0.15) is 10.6 Å². The van der Waals surface area contributed by atoms with Crippen LogP contribution in [0.15, 0.2) is 41.6 Å². The Bertz CT molecular complexity index is 1190. The molecule has 0 radical (unpaired) electrons. The van der Waals surface area contributed by atoms with Crippen molar-refractivity contribution < 1.29 is 17.5 Å². The van der Waals surface area contributed by atoms with Crippen LogP contribution in [0, 0.1) is 0 Å². The third-order valence-corrected chi connectivity index (χ3v) is 8.86. The van der Waals surface area contributed by atoms with Crippen LogP contribution in [0.3, 0.4) is 0 Å². The van der Waals surface area contributed by atoms with Crippen molar-refractivity contribution in [2.75, 3.05) is 11.5 Å². The number of rotatable bonds is 4. The lowest BCUT2D eigenvalue weighted by atomic mass is 9.92. The molecule has 0 aromatic carbocycles. The van der Waals surface area contributed by atoms with Gasteiger partial charge in [-0.05, 0) is 37.1 Å². The molecule has 3 aromatic heterocycles. The second kappa shape index (κ2) is 7.86. The van der Waals surface area contributed by atoms with Gasteiger partial charge in [0, 0.05) is 52.0 Å². The molecule has 4 rings (SSSR count). The normalized spacial score (nSPS) is 18.9. The highest BCUT2D eigenvalue weighted by molar-refractivity contribution is 8.24. The monoisotopic (exact) mass is 464 g/mol. The molecule has 0 spiro atoms. The van der Waals surface area contributed by atoms with Crippen molar-refractivity contribution in [1.82, 2.24) is 19.7 Å². The van der Waals surface area contributed by atoms with Crippen LogP contribution in [0.5, 0.6) is 0 Å². The lowest BCUT2D eigenvalue weighted by Crippen LogP contribution is -2.39. The average molecular weight is 465 g/mol. The molecular formula is C21H28N4O4S2. The minimum absolute atomic E-state index is 0.0542. The summed E-state index contributed by atoms with van der Waals surface area (Å²) in [6, 6.07) is 6.88. The predicted molar refractivity (Wildman–Crippen MR) is 124 cm³/mol. The molecule has 3 aromatic rings. The fourth-order valence-electron chi connectivity index (χ4n) is 3.67. The summed E-state index contributed by atoms with van der Waals surface area (Å²) in [5.41, 5.74) is 3.32. The number of pyridine rings is 2. The van der Waals surface area contributed by atoms with Gasteiger partial charge >= 0.3 is 0 Å². The van der Waals surface area contributed by atoms with Gasteiger partial charge in [0.05, 0.1) is 5.69 Å². The molecule has 0 aliphatic carbocycles. The summed E-state index contributed by atoms with van der Waals surface area (Å²) in [5.74, 6) is 0.450. The Morgan fingerprint density at radius 2 is 1.84 bits per heavy atom. The molecule has 0 saturated carbocycles. The van der Waals surface area contributed by atoms with E-state index in [-0.39, 0.29) is 27.9 Å². The van der Waals surface area contributed by atoms with Gasteiger partial charge in [0.2, 0.25) is 10.0 Å². The zero-order valence-corrected chi connectivity index (χ0v) is 19.4. The maximum absolute atomic E-state index is 12.8. The number of hydrogen-bond acceptors (Lipinski definition) is 6. The number of fused-ring (bicyclic) bond motifs is 1. The number of nitrogens with zero attached hydrogens (tertiary/aromatic N) is 2. The summed E-state index contributed by atoms with van der Waals surface area (Å²) in [6.45, 7) is 6.37. The van der Waals surface area contributed by atoms with E-state index in [1.54, 1.807) is 18.3 Å². The van der Waals surface area contributed by atoms with Crippen LogP contribution >= 0.6 is 10.6 Å². The zero-order valence-electron chi connectivity index (χ0n) is 17.8. The van der Waals surface area contributed by atoms with Gasteiger partial charge in [-0.3, -0.25) is 14.1 Å². The smallest absolute Gasteiger partial charge is 0.242 e. The van der Waals surface area contributed by atoms with Gasteiger partial charge in [-0.25, -0.2) is 18.1 Å². The lowest BCUT2D eigenvalue weighted by Gasteiger charge is -2.39. The largest absolute Gasteiger partial charge is 0.343 e. The number of nitrogens with one attached hydrogen (secondary N) is 2. The van der Waals surface area contributed by atoms with Gasteiger partial charge in [0.1, 0.15) is 10.5 Å². The van der Waals surface area contributed by atoms with E-state index < -0.39 is 20.6 Å². The highest BCUT2D eigenvalue weighted by Crippen LogP contribution is 2.44. The van der Waals surface area contributed by atoms with Crippen molar-refractivity contribution >= 4 is 31.6 Å². The Labute approximate surface area is 183 Å². The van der Waals surface area contributed by atoms with E-state index in [4.69, 9.17) is 0 Å².